The van der Waals surface area contributed by atoms with Gasteiger partial charge in [0.2, 0.25) is 0 Å². The largest absolute Gasteiger partial charge is 0.383 e. The van der Waals surface area contributed by atoms with Crippen LogP contribution in [-0.2, 0) is 16.1 Å². The van der Waals surface area contributed by atoms with E-state index in [1.54, 1.807) is 19.4 Å². The summed E-state index contributed by atoms with van der Waals surface area (Å²) in [5, 5.41) is 4.29. The molecule has 0 aromatic carbocycles. The molecule has 1 aliphatic carbocycles. The molecular formula is C12H15BrN2O2. The average Bonchev–Trinajstić information content (AvgIpc) is 2.68. The Morgan fingerprint density at radius 2 is 2.35 bits per heavy atom. The number of ether oxygens (including phenoxy) is 1. The van der Waals surface area contributed by atoms with Crippen molar-refractivity contribution in [2.75, 3.05) is 13.7 Å². The van der Waals surface area contributed by atoms with Crippen LogP contribution >= 0.6 is 15.9 Å². The monoisotopic (exact) mass is 298 g/mol. The molecule has 0 radical (unpaired) electrons. The van der Waals surface area contributed by atoms with Gasteiger partial charge in [-0.25, -0.2) is 0 Å². The van der Waals surface area contributed by atoms with Crippen molar-refractivity contribution >= 4 is 27.3 Å². The SMILES string of the molecule is COCCn1ncc(Br)c1C1=CC(=O)CCC1. The Hall–Kier alpha value is -0.940. The van der Waals surface area contributed by atoms with Crippen LogP contribution < -0.4 is 0 Å². The summed E-state index contributed by atoms with van der Waals surface area (Å²) in [6.45, 7) is 1.31. The molecule has 1 aromatic heterocycles. The van der Waals surface area contributed by atoms with E-state index in [-0.39, 0.29) is 5.78 Å². The van der Waals surface area contributed by atoms with Crippen LogP contribution in [0.2, 0.25) is 0 Å². The third kappa shape index (κ3) is 2.84. The Morgan fingerprint density at radius 1 is 1.53 bits per heavy atom. The predicted molar refractivity (Wildman–Crippen MR) is 68.6 cm³/mol. The number of carbonyl (C=O) groups is 1. The summed E-state index contributed by atoms with van der Waals surface area (Å²) < 4.78 is 7.88. The molecule has 0 unspecified atom stereocenters. The van der Waals surface area contributed by atoms with Gasteiger partial charge in [-0.3, -0.25) is 9.48 Å². The summed E-state index contributed by atoms with van der Waals surface area (Å²) in [5.41, 5.74) is 2.08. The maximum Gasteiger partial charge on any atom is 0.156 e. The molecule has 0 aliphatic heterocycles. The number of nitrogens with zero attached hydrogens (tertiary/aromatic N) is 2. The highest BCUT2D eigenvalue weighted by Gasteiger charge is 2.18. The minimum absolute atomic E-state index is 0.206. The Bertz CT molecular complexity index is 451. The van der Waals surface area contributed by atoms with Crippen LogP contribution in [0, 0.1) is 0 Å². The molecule has 0 N–H and O–H groups in total. The van der Waals surface area contributed by atoms with Crippen molar-refractivity contribution in [3.05, 3.63) is 22.4 Å². The lowest BCUT2D eigenvalue weighted by atomic mass is 9.96. The minimum Gasteiger partial charge on any atom is -0.383 e. The summed E-state index contributed by atoms with van der Waals surface area (Å²) in [4.78, 5) is 11.5. The quantitative estimate of drug-likeness (QED) is 0.857. The molecule has 0 saturated heterocycles. The molecule has 2 rings (SSSR count). The van der Waals surface area contributed by atoms with Crippen LogP contribution in [0.25, 0.3) is 5.57 Å². The van der Waals surface area contributed by atoms with E-state index in [1.165, 1.54) is 0 Å². The first-order valence-corrected chi connectivity index (χ1v) is 6.45. The number of hydrogen-bond acceptors (Lipinski definition) is 3. The van der Waals surface area contributed by atoms with Crippen molar-refractivity contribution in [2.24, 2.45) is 0 Å². The fraction of sp³-hybridized carbons (Fsp3) is 0.500. The third-order valence-electron chi connectivity index (χ3n) is 2.81. The topological polar surface area (TPSA) is 44.1 Å². The van der Waals surface area contributed by atoms with Gasteiger partial charge in [-0.05, 0) is 40.4 Å². The highest BCUT2D eigenvalue weighted by Crippen LogP contribution is 2.30. The van der Waals surface area contributed by atoms with E-state index in [9.17, 15) is 4.79 Å². The van der Waals surface area contributed by atoms with Crippen LogP contribution in [0.15, 0.2) is 16.7 Å². The molecule has 1 aromatic rings. The molecule has 0 fully saturated rings. The van der Waals surface area contributed by atoms with Crippen LogP contribution in [-0.4, -0.2) is 29.3 Å². The van der Waals surface area contributed by atoms with Gasteiger partial charge in [-0.15, -0.1) is 0 Å². The highest BCUT2D eigenvalue weighted by atomic mass is 79.9. The Kier molecular flexibility index (Phi) is 4.12. The summed E-state index contributed by atoms with van der Waals surface area (Å²) in [5.74, 6) is 0.206. The minimum atomic E-state index is 0.206. The second-order valence-electron chi connectivity index (χ2n) is 4.05. The van der Waals surface area contributed by atoms with E-state index < -0.39 is 0 Å². The van der Waals surface area contributed by atoms with Gasteiger partial charge >= 0.3 is 0 Å². The van der Waals surface area contributed by atoms with Crippen molar-refractivity contribution in [1.82, 2.24) is 9.78 Å². The maximum absolute atomic E-state index is 11.5. The zero-order valence-electron chi connectivity index (χ0n) is 9.78. The van der Waals surface area contributed by atoms with Crippen LogP contribution in [0.3, 0.4) is 0 Å². The van der Waals surface area contributed by atoms with Gasteiger partial charge in [0.05, 0.1) is 29.5 Å². The third-order valence-corrected chi connectivity index (χ3v) is 3.39. The number of ketones is 1. The highest BCUT2D eigenvalue weighted by molar-refractivity contribution is 9.10. The molecule has 0 spiro atoms. The van der Waals surface area contributed by atoms with Gasteiger partial charge in [-0.2, -0.15) is 5.10 Å². The Labute approximate surface area is 109 Å². The second kappa shape index (κ2) is 5.60. The fourth-order valence-electron chi connectivity index (χ4n) is 2.01. The lowest BCUT2D eigenvalue weighted by molar-refractivity contribution is -0.114. The van der Waals surface area contributed by atoms with E-state index in [1.807, 2.05) is 4.68 Å². The van der Waals surface area contributed by atoms with Crippen molar-refractivity contribution in [2.45, 2.75) is 25.8 Å². The summed E-state index contributed by atoms with van der Waals surface area (Å²) in [6.07, 6.45) is 6.03. The normalized spacial score (nSPS) is 16.1. The van der Waals surface area contributed by atoms with Gasteiger partial charge in [0.1, 0.15) is 0 Å². The first-order valence-electron chi connectivity index (χ1n) is 5.66. The van der Waals surface area contributed by atoms with Gasteiger partial charge in [0, 0.05) is 13.5 Å². The molecule has 4 nitrogen and oxygen atoms in total. The molecule has 5 heteroatoms. The molecule has 0 amide bonds. The smallest absolute Gasteiger partial charge is 0.156 e. The molecule has 92 valence electrons. The van der Waals surface area contributed by atoms with Gasteiger partial charge in [0.15, 0.2) is 5.78 Å². The maximum atomic E-state index is 11.5. The fourth-order valence-corrected chi connectivity index (χ4v) is 2.56. The van der Waals surface area contributed by atoms with E-state index in [0.717, 1.165) is 28.6 Å². The van der Waals surface area contributed by atoms with Crippen LogP contribution in [0.1, 0.15) is 25.0 Å². The first kappa shape index (κ1) is 12.5. The van der Waals surface area contributed by atoms with Gasteiger partial charge < -0.3 is 4.74 Å². The molecule has 1 heterocycles. The number of allylic oxidation sites excluding steroid dienone is 2. The van der Waals surface area contributed by atoms with Gasteiger partial charge in [0.25, 0.3) is 0 Å². The second-order valence-corrected chi connectivity index (χ2v) is 4.90. The lowest BCUT2D eigenvalue weighted by Gasteiger charge is -2.14. The van der Waals surface area contributed by atoms with E-state index in [0.29, 0.717) is 19.6 Å². The lowest BCUT2D eigenvalue weighted by Crippen LogP contribution is -2.11. The van der Waals surface area contributed by atoms with Gasteiger partial charge in [-0.1, -0.05) is 0 Å². The molecule has 0 atom stereocenters. The van der Waals surface area contributed by atoms with Crippen molar-refractivity contribution in [3.8, 4) is 0 Å². The number of methoxy groups -OCH3 is 1. The zero-order chi connectivity index (χ0) is 12.3. The summed E-state index contributed by atoms with van der Waals surface area (Å²) in [7, 11) is 1.67. The molecular weight excluding hydrogens is 284 g/mol. The van der Waals surface area contributed by atoms with Crippen LogP contribution in [0.5, 0.6) is 0 Å². The van der Waals surface area contributed by atoms with Crippen LogP contribution in [0.4, 0.5) is 0 Å². The Morgan fingerprint density at radius 3 is 3.06 bits per heavy atom. The average molecular weight is 299 g/mol. The molecule has 1 aliphatic rings. The number of rotatable bonds is 4. The Balaban J connectivity index is 2.30. The molecule has 0 bridgehead atoms. The number of carbonyl (C=O) groups excluding carboxylic acids is 1. The summed E-state index contributed by atoms with van der Waals surface area (Å²) >= 11 is 3.49. The zero-order valence-corrected chi connectivity index (χ0v) is 11.4. The predicted octanol–water partition coefficient (Wildman–Crippen LogP) is 2.43. The first-order chi connectivity index (χ1) is 8.22. The number of hydrogen-bond donors (Lipinski definition) is 0. The van der Waals surface area contributed by atoms with E-state index in [4.69, 9.17) is 4.74 Å². The number of halogens is 1. The molecule has 17 heavy (non-hydrogen) atoms. The molecule has 0 saturated carbocycles. The van der Waals surface area contributed by atoms with Crippen molar-refractivity contribution < 1.29 is 9.53 Å². The van der Waals surface area contributed by atoms with E-state index in [2.05, 4.69) is 21.0 Å². The number of aromatic nitrogens is 2. The van der Waals surface area contributed by atoms with E-state index >= 15 is 0 Å². The van der Waals surface area contributed by atoms with Crippen molar-refractivity contribution in [3.63, 3.8) is 0 Å². The van der Waals surface area contributed by atoms with Crippen molar-refractivity contribution in [1.29, 1.82) is 0 Å². The standard InChI is InChI=1S/C12H15BrN2O2/c1-17-6-5-15-12(11(13)8-14-15)9-3-2-4-10(16)7-9/h7-8H,2-6H2,1H3. The summed E-state index contributed by atoms with van der Waals surface area (Å²) in [6, 6.07) is 0.